The summed E-state index contributed by atoms with van der Waals surface area (Å²) < 4.78 is 24.0. The molecule has 4 nitrogen and oxygen atoms in total. The maximum absolute atomic E-state index is 12.9. The van der Waals surface area contributed by atoms with Crippen LogP contribution in [-0.4, -0.2) is 11.0 Å². The average Bonchev–Trinajstić information content (AvgIpc) is 2.64. The van der Waals surface area contributed by atoms with Crippen molar-refractivity contribution in [3.05, 3.63) is 90.0 Å². The van der Waals surface area contributed by atoms with E-state index in [2.05, 4.69) is 4.98 Å². The van der Waals surface area contributed by atoms with Crippen LogP contribution in [-0.2, 0) is 22.6 Å². The highest BCUT2D eigenvalue weighted by Gasteiger charge is 2.09. The number of ether oxygens (including phenoxy) is 2. The number of halogens is 1. The number of aromatic nitrogens is 1. The zero-order valence-electron chi connectivity index (χ0n) is 13.4. The van der Waals surface area contributed by atoms with Crippen molar-refractivity contribution in [2.75, 3.05) is 0 Å². The van der Waals surface area contributed by atoms with E-state index in [9.17, 15) is 9.18 Å². The normalized spacial score (nSPS) is 10.3. The molecule has 0 N–H and O–H groups in total. The molecule has 0 aliphatic heterocycles. The Bertz CT molecular complexity index is 835. The van der Waals surface area contributed by atoms with Crippen LogP contribution < -0.4 is 4.74 Å². The molecule has 0 radical (unpaired) electrons. The molecule has 5 heteroatoms. The fraction of sp³-hybridized carbons (Fsp3) is 0.100. The smallest absolute Gasteiger partial charge is 0.310 e. The summed E-state index contributed by atoms with van der Waals surface area (Å²) in [6.45, 7) is 0.0937. The molecule has 1 heterocycles. The molecule has 0 atom stereocenters. The Morgan fingerprint density at radius 2 is 1.80 bits per heavy atom. The molecule has 0 unspecified atom stereocenters. The lowest BCUT2D eigenvalue weighted by Gasteiger charge is -2.11. The van der Waals surface area contributed by atoms with E-state index in [4.69, 9.17) is 9.47 Å². The first-order valence-corrected chi connectivity index (χ1v) is 7.76. The number of para-hydroxylation sites is 1. The van der Waals surface area contributed by atoms with Crippen LogP contribution >= 0.6 is 0 Å². The van der Waals surface area contributed by atoms with Crippen LogP contribution in [0.5, 0.6) is 11.5 Å². The molecule has 126 valence electrons. The highest BCUT2D eigenvalue weighted by Crippen LogP contribution is 2.25. The monoisotopic (exact) mass is 337 g/mol. The number of benzene rings is 2. The van der Waals surface area contributed by atoms with Crippen LogP contribution in [0.3, 0.4) is 0 Å². The zero-order chi connectivity index (χ0) is 17.5. The quantitative estimate of drug-likeness (QED) is 0.629. The number of hydrogen-bond acceptors (Lipinski definition) is 4. The Hall–Kier alpha value is -3.21. The summed E-state index contributed by atoms with van der Waals surface area (Å²) in [7, 11) is 0. The van der Waals surface area contributed by atoms with Crippen molar-refractivity contribution >= 4 is 5.97 Å². The van der Waals surface area contributed by atoms with E-state index in [1.165, 1.54) is 12.1 Å². The van der Waals surface area contributed by atoms with Crippen LogP contribution in [0, 0.1) is 5.82 Å². The third-order valence-electron chi connectivity index (χ3n) is 3.49. The molecule has 0 amide bonds. The molecule has 0 aliphatic carbocycles. The Balaban J connectivity index is 1.61. The molecule has 0 aliphatic rings. The van der Waals surface area contributed by atoms with Gasteiger partial charge in [0, 0.05) is 11.8 Å². The SMILES string of the molecule is O=C(Cc1ccc(F)cc1)OCc1ccccc1Oc1cccnc1. The Labute approximate surface area is 144 Å². The Morgan fingerprint density at radius 1 is 1.00 bits per heavy atom. The maximum Gasteiger partial charge on any atom is 0.310 e. The third-order valence-corrected chi connectivity index (χ3v) is 3.49. The molecule has 3 rings (SSSR count). The standard InChI is InChI=1S/C20H16FNO3/c21-17-9-7-15(8-10-17)12-20(23)24-14-16-4-1-2-6-19(16)25-18-5-3-11-22-13-18/h1-11,13H,12,14H2. The molecule has 1 aromatic heterocycles. The lowest BCUT2D eigenvalue weighted by Crippen LogP contribution is -2.08. The third kappa shape index (κ3) is 4.88. The summed E-state index contributed by atoms with van der Waals surface area (Å²) in [5.41, 5.74) is 1.45. The molecule has 0 saturated heterocycles. The van der Waals surface area contributed by atoms with Crippen LogP contribution in [0.4, 0.5) is 4.39 Å². The molecular formula is C20H16FNO3. The average molecular weight is 337 g/mol. The molecule has 0 fully saturated rings. The minimum atomic E-state index is -0.386. The van der Waals surface area contributed by atoms with E-state index in [-0.39, 0.29) is 24.8 Å². The molecule has 0 bridgehead atoms. The van der Waals surface area contributed by atoms with E-state index < -0.39 is 0 Å². The van der Waals surface area contributed by atoms with Gasteiger partial charge >= 0.3 is 5.97 Å². The number of pyridine rings is 1. The van der Waals surface area contributed by atoms with E-state index in [0.29, 0.717) is 17.1 Å². The highest BCUT2D eigenvalue weighted by atomic mass is 19.1. The first-order valence-electron chi connectivity index (χ1n) is 7.76. The summed E-state index contributed by atoms with van der Waals surface area (Å²) in [5, 5.41) is 0. The molecule has 3 aromatic rings. The van der Waals surface area contributed by atoms with Gasteiger partial charge in [-0.25, -0.2) is 4.39 Å². The predicted octanol–water partition coefficient (Wildman–Crippen LogP) is 4.30. The van der Waals surface area contributed by atoms with Crippen molar-refractivity contribution in [1.29, 1.82) is 0 Å². The number of esters is 1. The van der Waals surface area contributed by atoms with Crippen molar-refractivity contribution < 1.29 is 18.7 Å². The van der Waals surface area contributed by atoms with Gasteiger partial charge in [0.15, 0.2) is 0 Å². The van der Waals surface area contributed by atoms with Crippen molar-refractivity contribution in [3.8, 4) is 11.5 Å². The van der Waals surface area contributed by atoms with Crippen molar-refractivity contribution in [1.82, 2.24) is 4.98 Å². The fourth-order valence-electron chi connectivity index (χ4n) is 2.24. The van der Waals surface area contributed by atoms with E-state index in [0.717, 1.165) is 5.56 Å². The Kier molecular flexibility index (Phi) is 5.36. The van der Waals surface area contributed by atoms with Gasteiger partial charge in [-0.1, -0.05) is 30.3 Å². The number of rotatable bonds is 6. The topological polar surface area (TPSA) is 48.4 Å². The summed E-state index contributed by atoms with van der Waals surface area (Å²) in [6, 6.07) is 16.7. The summed E-state index contributed by atoms with van der Waals surface area (Å²) in [6.07, 6.45) is 3.36. The van der Waals surface area contributed by atoms with E-state index >= 15 is 0 Å². The van der Waals surface area contributed by atoms with Gasteiger partial charge in [0.05, 0.1) is 12.6 Å². The molecule has 2 aromatic carbocycles. The molecule has 0 saturated carbocycles. The van der Waals surface area contributed by atoms with Gasteiger partial charge in [-0.2, -0.15) is 0 Å². The zero-order valence-corrected chi connectivity index (χ0v) is 13.4. The number of hydrogen-bond donors (Lipinski definition) is 0. The van der Waals surface area contributed by atoms with Crippen LogP contribution in [0.25, 0.3) is 0 Å². The molecule has 25 heavy (non-hydrogen) atoms. The molecular weight excluding hydrogens is 321 g/mol. The van der Waals surface area contributed by atoms with Gasteiger partial charge in [0.1, 0.15) is 23.9 Å². The van der Waals surface area contributed by atoms with Gasteiger partial charge in [-0.05, 0) is 35.9 Å². The summed E-state index contributed by atoms with van der Waals surface area (Å²) in [5.74, 6) is 0.485. The largest absolute Gasteiger partial charge is 0.460 e. The van der Waals surface area contributed by atoms with Crippen LogP contribution in [0.15, 0.2) is 73.1 Å². The summed E-state index contributed by atoms with van der Waals surface area (Å²) >= 11 is 0. The molecule has 0 spiro atoms. The first kappa shape index (κ1) is 16.6. The number of carbonyl (C=O) groups is 1. The van der Waals surface area contributed by atoms with Gasteiger partial charge < -0.3 is 9.47 Å². The van der Waals surface area contributed by atoms with Crippen LogP contribution in [0.1, 0.15) is 11.1 Å². The minimum absolute atomic E-state index is 0.0892. The van der Waals surface area contributed by atoms with Crippen LogP contribution in [0.2, 0.25) is 0 Å². The van der Waals surface area contributed by atoms with Gasteiger partial charge in [-0.3, -0.25) is 9.78 Å². The second-order valence-electron chi connectivity index (χ2n) is 5.36. The second-order valence-corrected chi connectivity index (χ2v) is 5.36. The second kappa shape index (κ2) is 8.06. The van der Waals surface area contributed by atoms with Crippen molar-refractivity contribution in [3.63, 3.8) is 0 Å². The number of nitrogens with zero attached hydrogens (tertiary/aromatic N) is 1. The van der Waals surface area contributed by atoms with E-state index in [1.807, 2.05) is 18.2 Å². The lowest BCUT2D eigenvalue weighted by molar-refractivity contribution is -0.144. The Morgan fingerprint density at radius 3 is 2.56 bits per heavy atom. The predicted molar refractivity (Wildman–Crippen MR) is 90.7 cm³/mol. The first-order chi connectivity index (χ1) is 12.2. The minimum Gasteiger partial charge on any atom is -0.460 e. The number of carbonyl (C=O) groups excluding carboxylic acids is 1. The highest BCUT2D eigenvalue weighted by molar-refractivity contribution is 5.72. The van der Waals surface area contributed by atoms with Gasteiger partial charge in [-0.15, -0.1) is 0 Å². The maximum atomic E-state index is 12.9. The fourth-order valence-corrected chi connectivity index (χ4v) is 2.24. The summed E-state index contributed by atoms with van der Waals surface area (Å²) in [4.78, 5) is 16.0. The van der Waals surface area contributed by atoms with Crippen molar-refractivity contribution in [2.24, 2.45) is 0 Å². The lowest BCUT2D eigenvalue weighted by atomic mass is 10.1. The van der Waals surface area contributed by atoms with Crippen molar-refractivity contribution in [2.45, 2.75) is 13.0 Å². The van der Waals surface area contributed by atoms with E-state index in [1.54, 1.807) is 42.7 Å². The van der Waals surface area contributed by atoms with Gasteiger partial charge in [0.2, 0.25) is 0 Å². The van der Waals surface area contributed by atoms with Gasteiger partial charge in [0.25, 0.3) is 0 Å².